The van der Waals surface area contributed by atoms with Gasteiger partial charge in [0.15, 0.2) is 0 Å². The Balaban J connectivity index is 2.08. The summed E-state index contributed by atoms with van der Waals surface area (Å²) >= 11 is 3.66. The molecule has 0 radical (unpaired) electrons. The number of rotatable bonds is 5. The van der Waals surface area contributed by atoms with Gasteiger partial charge in [-0.25, -0.2) is 0 Å². The van der Waals surface area contributed by atoms with Crippen molar-refractivity contribution in [3.05, 3.63) is 15.9 Å². The minimum absolute atomic E-state index is 0.343. The number of aromatic nitrogens is 2. The Kier molecular flexibility index (Phi) is 5.64. The van der Waals surface area contributed by atoms with Gasteiger partial charge in [-0.3, -0.25) is 16.0 Å². The van der Waals surface area contributed by atoms with E-state index in [0.717, 1.165) is 22.5 Å². The molecule has 1 fully saturated rings. The van der Waals surface area contributed by atoms with Crippen molar-refractivity contribution < 1.29 is 0 Å². The summed E-state index contributed by atoms with van der Waals surface area (Å²) in [4.78, 5) is 0. The van der Waals surface area contributed by atoms with E-state index in [2.05, 4.69) is 33.4 Å². The average Bonchev–Trinajstić information content (AvgIpc) is 2.70. The van der Waals surface area contributed by atoms with Crippen LogP contribution in [0.2, 0.25) is 0 Å². The number of hydrazine groups is 1. The van der Waals surface area contributed by atoms with E-state index in [1.807, 2.05) is 18.7 Å². The smallest absolute Gasteiger partial charge is 0.0738 e. The van der Waals surface area contributed by atoms with Crippen LogP contribution in [-0.2, 0) is 13.5 Å². The number of nitrogens with two attached hydrogens (primary N) is 1. The van der Waals surface area contributed by atoms with Crippen LogP contribution in [0.15, 0.2) is 4.47 Å². The molecule has 0 saturated heterocycles. The van der Waals surface area contributed by atoms with Gasteiger partial charge in [-0.2, -0.15) is 5.10 Å². The second-order valence-electron chi connectivity index (χ2n) is 6.15. The van der Waals surface area contributed by atoms with Crippen LogP contribution in [0.1, 0.15) is 50.4 Å². The first-order valence-corrected chi connectivity index (χ1v) is 8.50. The van der Waals surface area contributed by atoms with E-state index in [9.17, 15) is 0 Å². The molecule has 20 heavy (non-hydrogen) atoms. The monoisotopic (exact) mass is 342 g/mol. The minimum Gasteiger partial charge on any atom is -0.271 e. The van der Waals surface area contributed by atoms with Gasteiger partial charge in [0.25, 0.3) is 0 Å². The maximum Gasteiger partial charge on any atom is 0.0738 e. The SMILES string of the molecule is CCC1CCCC(C(Cc2c(Br)c(C)nn2C)NN)C1. The fourth-order valence-electron chi connectivity index (χ4n) is 3.54. The molecule has 1 heterocycles. The number of hydrogen-bond donors (Lipinski definition) is 2. The van der Waals surface area contributed by atoms with Crippen LogP contribution in [0.3, 0.4) is 0 Å². The zero-order valence-corrected chi connectivity index (χ0v) is 14.4. The van der Waals surface area contributed by atoms with E-state index in [1.54, 1.807) is 0 Å². The van der Waals surface area contributed by atoms with Crippen LogP contribution in [0, 0.1) is 18.8 Å². The highest BCUT2D eigenvalue weighted by atomic mass is 79.9. The third-order valence-electron chi connectivity index (χ3n) is 4.86. The van der Waals surface area contributed by atoms with Gasteiger partial charge in [0.1, 0.15) is 0 Å². The Morgan fingerprint density at radius 1 is 1.50 bits per heavy atom. The lowest BCUT2D eigenvalue weighted by Gasteiger charge is -2.34. The van der Waals surface area contributed by atoms with Crippen molar-refractivity contribution in [2.75, 3.05) is 0 Å². The zero-order valence-electron chi connectivity index (χ0n) is 12.8. The van der Waals surface area contributed by atoms with Crippen LogP contribution in [0.5, 0.6) is 0 Å². The standard InChI is InChI=1S/C15H27BrN4/c1-4-11-6-5-7-12(8-11)13(18-17)9-14-15(16)10(2)19-20(14)3/h11-13,18H,4-9,17H2,1-3H3. The predicted octanol–water partition coefficient (Wildman–Crippen LogP) is 3.08. The number of halogens is 1. The third-order valence-corrected chi connectivity index (χ3v) is 5.89. The van der Waals surface area contributed by atoms with Gasteiger partial charge in [-0.15, -0.1) is 0 Å². The van der Waals surface area contributed by atoms with E-state index < -0.39 is 0 Å². The summed E-state index contributed by atoms with van der Waals surface area (Å²) in [5.41, 5.74) is 5.36. The summed E-state index contributed by atoms with van der Waals surface area (Å²) in [7, 11) is 2.01. The highest BCUT2D eigenvalue weighted by Crippen LogP contribution is 2.34. The third kappa shape index (κ3) is 3.43. The second-order valence-corrected chi connectivity index (χ2v) is 6.94. The lowest BCUT2D eigenvalue weighted by molar-refractivity contribution is 0.206. The number of hydrogen-bond acceptors (Lipinski definition) is 3. The van der Waals surface area contributed by atoms with Crippen molar-refractivity contribution in [2.45, 2.75) is 58.4 Å². The quantitative estimate of drug-likeness (QED) is 0.638. The Morgan fingerprint density at radius 3 is 2.80 bits per heavy atom. The lowest BCUT2D eigenvalue weighted by atomic mass is 9.76. The fourth-order valence-corrected chi connectivity index (χ4v) is 4.04. The predicted molar refractivity (Wildman–Crippen MR) is 86.2 cm³/mol. The Hall–Kier alpha value is -0.390. The summed E-state index contributed by atoms with van der Waals surface area (Å²) in [6.07, 6.45) is 7.56. The van der Waals surface area contributed by atoms with E-state index in [4.69, 9.17) is 5.84 Å². The molecule has 5 heteroatoms. The molecule has 2 rings (SSSR count). The molecule has 1 aromatic heterocycles. The summed E-state index contributed by atoms with van der Waals surface area (Å²) in [5.74, 6) is 7.41. The maximum atomic E-state index is 5.85. The molecule has 3 atom stereocenters. The molecule has 1 saturated carbocycles. The first kappa shape index (κ1) is 16.0. The Morgan fingerprint density at radius 2 is 2.25 bits per heavy atom. The Labute approximate surface area is 130 Å². The van der Waals surface area contributed by atoms with Gasteiger partial charge < -0.3 is 0 Å². The number of aryl methyl sites for hydroxylation is 2. The molecule has 114 valence electrons. The minimum atomic E-state index is 0.343. The molecular formula is C15H27BrN4. The number of nitrogens with zero attached hydrogens (tertiary/aromatic N) is 2. The summed E-state index contributed by atoms with van der Waals surface area (Å²) in [6, 6.07) is 0.343. The van der Waals surface area contributed by atoms with Crippen molar-refractivity contribution in [1.29, 1.82) is 0 Å². The largest absolute Gasteiger partial charge is 0.271 e. The highest BCUT2D eigenvalue weighted by molar-refractivity contribution is 9.10. The van der Waals surface area contributed by atoms with Crippen LogP contribution < -0.4 is 11.3 Å². The van der Waals surface area contributed by atoms with E-state index in [-0.39, 0.29) is 0 Å². The molecule has 1 aromatic rings. The highest BCUT2D eigenvalue weighted by Gasteiger charge is 2.28. The van der Waals surface area contributed by atoms with Gasteiger partial charge in [0.05, 0.1) is 15.9 Å². The summed E-state index contributed by atoms with van der Waals surface area (Å²) < 4.78 is 3.10. The summed E-state index contributed by atoms with van der Waals surface area (Å²) in [6.45, 7) is 4.34. The van der Waals surface area contributed by atoms with E-state index in [1.165, 1.54) is 37.8 Å². The molecule has 1 aliphatic rings. The van der Waals surface area contributed by atoms with Crippen LogP contribution in [0.4, 0.5) is 0 Å². The van der Waals surface area contributed by atoms with Crippen molar-refractivity contribution in [3.63, 3.8) is 0 Å². The van der Waals surface area contributed by atoms with Crippen LogP contribution in [-0.4, -0.2) is 15.8 Å². The molecule has 3 N–H and O–H groups in total. The molecule has 0 spiro atoms. The van der Waals surface area contributed by atoms with Gasteiger partial charge in [-0.1, -0.05) is 26.2 Å². The van der Waals surface area contributed by atoms with Gasteiger partial charge in [0, 0.05) is 19.5 Å². The van der Waals surface area contributed by atoms with E-state index in [0.29, 0.717) is 12.0 Å². The first-order chi connectivity index (χ1) is 9.56. The van der Waals surface area contributed by atoms with Crippen molar-refractivity contribution in [2.24, 2.45) is 24.7 Å². The van der Waals surface area contributed by atoms with Crippen molar-refractivity contribution in [3.8, 4) is 0 Å². The topological polar surface area (TPSA) is 55.9 Å². The molecule has 0 aromatic carbocycles. The van der Waals surface area contributed by atoms with Crippen LogP contribution in [0.25, 0.3) is 0 Å². The maximum absolute atomic E-state index is 5.85. The molecule has 0 bridgehead atoms. The van der Waals surface area contributed by atoms with Gasteiger partial charge in [0.2, 0.25) is 0 Å². The molecule has 4 nitrogen and oxygen atoms in total. The molecule has 3 unspecified atom stereocenters. The van der Waals surface area contributed by atoms with Gasteiger partial charge >= 0.3 is 0 Å². The van der Waals surface area contributed by atoms with Gasteiger partial charge in [-0.05, 0) is 47.5 Å². The fraction of sp³-hybridized carbons (Fsp3) is 0.800. The molecule has 1 aliphatic carbocycles. The Bertz CT molecular complexity index is 443. The second kappa shape index (κ2) is 7.05. The lowest BCUT2D eigenvalue weighted by Crippen LogP contribution is -2.44. The van der Waals surface area contributed by atoms with Crippen molar-refractivity contribution >= 4 is 15.9 Å². The van der Waals surface area contributed by atoms with Crippen LogP contribution >= 0.6 is 15.9 Å². The normalized spacial score (nSPS) is 24.9. The summed E-state index contributed by atoms with van der Waals surface area (Å²) in [5, 5.41) is 4.48. The average molecular weight is 343 g/mol. The number of nitrogens with one attached hydrogen (secondary N) is 1. The molecule has 0 aliphatic heterocycles. The molecule has 0 amide bonds. The van der Waals surface area contributed by atoms with Crippen molar-refractivity contribution in [1.82, 2.24) is 15.2 Å². The van der Waals surface area contributed by atoms with E-state index >= 15 is 0 Å². The molecular weight excluding hydrogens is 316 g/mol. The first-order valence-electron chi connectivity index (χ1n) is 7.70. The zero-order chi connectivity index (χ0) is 14.7.